The molecular formula is C17H20N4O3. The van der Waals surface area contributed by atoms with E-state index >= 15 is 0 Å². The maximum atomic E-state index is 11.9. The van der Waals surface area contributed by atoms with Crippen LogP contribution in [0, 0.1) is 0 Å². The monoisotopic (exact) mass is 328 g/mol. The van der Waals surface area contributed by atoms with E-state index in [1.54, 1.807) is 6.07 Å². The summed E-state index contributed by atoms with van der Waals surface area (Å²) in [5.74, 6) is 1.83. The molecule has 1 aromatic carbocycles. The molecule has 1 aromatic heterocycles. The minimum Gasteiger partial charge on any atom is -0.493 e. The van der Waals surface area contributed by atoms with Crippen LogP contribution in [0.15, 0.2) is 42.5 Å². The number of hydrogen-bond donors (Lipinski definition) is 1. The van der Waals surface area contributed by atoms with E-state index in [0.29, 0.717) is 25.6 Å². The van der Waals surface area contributed by atoms with Gasteiger partial charge in [0.15, 0.2) is 11.6 Å². The van der Waals surface area contributed by atoms with Crippen molar-refractivity contribution in [2.24, 2.45) is 0 Å². The molecule has 1 N–H and O–H groups in total. The molecule has 0 atom stereocenters. The second kappa shape index (κ2) is 8.26. The number of hydrogen-bond acceptors (Lipinski definition) is 6. The van der Waals surface area contributed by atoms with Crippen molar-refractivity contribution in [3.8, 4) is 5.75 Å². The molecule has 0 aliphatic carbocycles. The lowest BCUT2D eigenvalue weighted by atomic mass is 10.3. The standard InChI is InChI=1S/C17H20N4O3/c22-17(8-11-24-14-4-2-1-3-5-14)18-15-6-7-16(20-19-15)21-9-12-23-13-10-21/h1-7H,8-13H2,(H,18,19,22). The van der Waals surface area contributed by atoms with Crippen LogP contribution in [-0.4, -0.2) is 49.0 Å². The minimum absolute atomic E-state index is 0.153. The molecule has 1 fully saturated rings. The average molecular weight is 328 g/mol. The first-order valence-electron chi connectivity index (χ1n) is 7.95. The van der Waals surface area contributed by atoms with E-state index in [9.17, 15) is 4.79 Å². The number of carbonyl (C=O) groups is 1. The number of rotatable bonds is 6. The largest absolute Gasteiger partial charge is 0.493 e. The van der Waals surface area contributed by atoms with Crippen molar-refractivity contribution >= 4 is 17.5 Å². The van der Waals surface area contributed by atoms with Gasteiger partial charge in [0, 0.05) is 13.1 Å². The number of carbonyl (C=O) groups excluding carboxylic acids is 1. The van der Waals surface area contributed by atoms with Gasteiger partial charge in [0.1, 0.15) is 5.75 Å². The Morgan fingerprint density at radius 3 is 2.62 bits per heavy atom. The molecule has 2 heterocycles. The summed E-state index contributed by atoms with van der Waals surface area (Å²) >= 11 is 0. The molecule has 1 aliphatic rings. The Morgan fingerprint density at radius 2 is 1.92 bits per heavy atom. The molecule has 1 aliphatic heterocycles. The summed E-state index contributed by atoms with van der Waals surface area (Å²) in [6.07, 6.45) is 0.252. The van der Waals surface area contributed by atoms with Gasteiger partial charge >= 0.3 is 0 Å². The lowest BCUT2D eigenvalue weighted by Gasteiger charge is -2.27. The van der Waals surface area contributed by atoms with E-state index in [0.717, 1.165) is 24.7 Å². The third kappa shape index (κ3) is 4.66. The SMILES string of the molecule is O=C(CCOc1ccccc1)Nc1ccc(N2CCOCC2)nn1. The highest BCUT2D eigenvalue weighted by Crippen LogP contribution is 2.13. The summed E-state index contributed by atoms with van der Waals surface area (Å²) < 4.78 is 10.8. The molecule has 0 radical (unpaired) electrons. The van der Waals surface area contributed by atoms with Crippen LogP contribution in [0.5, 0.6) is 5.75 Å². The molecule has 2 aromatic rings. The normalized spacial score (nSPS) is 14.2. The topological polar surface area (TPSA) is 76.6 Å². The Balaban J connectivity index is 1.44. The number of nitrogens with one attached hydrogen (secondary N) is 1. The summed E-state index contributed by atoms with van der Waals surface area (Å²) in [6.45, 7) is 3.31. The van der Waals surface area contributed by atoms with Gasteiger partial charge in [-0.1, -0.05) is 18.2 Å². The van der Waals surface area contributed by atoms with Gasteiger partial charge in [-0.15, -0.1) is 10.2 Å². The number of benzene rings is 1. The molecule has 7 heteroatoms. The number of ether oxygens (including phenoxy) is 2. The first-order chi connectivity index (χ1) is 11.8. The van der Waals surface area contributed by atoms with Crippen LogP contribution in [0.4, 0.5) is 11.6 Å². The van der Waals surface area contributed by atoms with Crippen LogP contribution < -0.4 is 15.0 Å². The number of nitrogens with zero attached hydrogens (tertiary/aromatic N) is 3. The van der Waals surface area contributed by atoms with Crippen molar-refractivity contribution in [1.82, 2.24) is 10.2 Å². The highest BCUT2D eigenvalue weighted by atomic mass is 16.5. The van der Waals surface area contributed by atoms with E-state index in [1.165, 1.54) is 0 Å². The van der Waals surface area contributed by atoms with Gasteiger partial charge in [0.2, 0.25) is 5.91 Å². The first kappa shape index (κ1) is 16.2. The highest BCUT2D eigenvalue weighted by molar-refractivity contribution is 5.89. The van der Waals surface area contributed by atoms with Gasteiger partial charge in [-0.2, -0.15) is 0 Å². The third-order valence-corrected chi connectivity index (χ3v) is 3.59. The number of para-hydroxylation sites is 1. The molecule has 7 nitrogen and oxygen atoms in total. The molecule has 0 bridgehead atoms. The summed E-state index contributed by atoms with van der Waals surface area (Å²) in [4.78, 5) is 14.0. The van der Waals surface area contributed by atoms with Gasteiger partial charge in [0.25, 0.3) is 0 Å². The minimum atomic E-state index is -0.153. The molecule has 126 valence electrons. The number of amides is 1. The van der Waals surface area contributed by atoms with Gasteiger partial charge < -0.3 is 19.7 Å². The maximum Gasteiger partial charge on any atom is 0.229 e. The fourth-order valence-corrected chi connectivity index (χ4v) is 2.34. The van der Waals surface area contributed by atoms with E-state index in [2.05, 4.69) is 20.4 Å². The third-order valence-electron chi connectivity index (χ3n) is 3.59. The molecule has 0 spiro atoms. The van der Waals surface area contributed by atoms with Crippen LogP contribution in [-0.2, 0) is 9.53 Å². The van der Waals surface area contributed by atoms with Crippen molar-refractivity contribution in [2.75, 3.05) is 43.1 Å². The molecule has 24 heavy (non-hydrogen) atoms. The fourth-order valence-electron chi connectivity index (χ4n) is 2.34. The number of aromatic nitrogens is 2. The van der Waals surface area contributed by atoms with Crippen molar-refractivity contribution in [3.63, 3.8) is 0 Å². The summed E-state index contributed by atoms with van der Waals surface area (Å²) in [7, 11) is 0. The van der Waals surface area contributed by atoms with Crippen LogP contribution in [0.25, 0.3) is 0 Å². The molecule has 0 unspecified atom stereocenters. The highest BCUT2D eigenvalue weighted by Gasteiger charge is 2.13. The molecule has 3 rings (SSSR count). The van der Waals surface area contributed by atoms with E-state index in [1.807, 2.05) is 36.4 Å². The smallest absolute Gasteiger partial charge is 0.229 e. The Morgan fingerprint density at radius 1 is 1.12 bits per heavy atom. The zero-order valence-corrected chi connectivity index (χ0v) is 13.4. The van der Waals surface area contributed by atoms with Crippen molar-refractivity contribution < 1.29 is 14.3 Å². The van der Waals surface area contributed by atoms with Gasteiger partial charge in [-0.3, -0.25) is 4.79 Å². The molecule has 1 amide bonds. The summed E-state index contributed by atoms with van der Waals surface area (Å²) in [5.41, 5.74) is 0. The molecule has 1 saturated heterocycles. The predicted molar refractivity (Wildman–Crippen MR) is 90.2 cm³/mol. The predicted octanol–water partition coefficient (Wildman–Crippen LogP) is 1.72. The maximum absolute atomic E-state index is 11.9. The van der Waals surface area contributed by atoms with E-state index in [-0.39, 0.29) is 12.3 Å². The van der Waals surface area contributed by atoms with Gasteiger partial charge in [-0.25, -0.2) is 0 Å². The Labute approximate surface area is 140 Å². The van der Waals surface area contributed by atoms with Gasteiger partial charge in [-0.05, 0) is 24.3 Å². The van der Waals surface area contributed by atoms with Crippen LogP contribution in [0.3, 0.4) is 0 Å². The van der Waals surface area contributed by atoms with E-state index in [4.69, 9.17) is 9.47 Å². The number of anilines is 2. The second-order valence-electron chi connectivity index (χ2n) is 5.34. The van der Waals surface area contributed by atoms with Gasteiger partial charge in [0.05, 0.1) is 26.2 Å². The quantitative estimate of drug-likeness (QED) is 0.870. The zero-order valence-electron chi connectivity index (χ0n) is 13.4. The Kier molecular flexibility index (Phi) is 5.57. The Hall–Kier alpha value is -2.67. The van der Waals surface area contributed by atoms with Crippen LogP contribution in [0.2, 0.25) is 0 Å². The lowest BCUT2D eigenvalue weighted by molar-refractivity contribution is -0.116. The second-order valence-corrected chi connectivity index (χ2v) is 5.34. The van der Waals surface area contributed by atoms with Crippen LogP contribution in [0.1, 0.15) is 6.42 Å². The molecular weight excluding hydrogens is 308 g/mol. The van der Waals surface area contributed by atoms with E-state index < -0.39 is 0 Å². The van der Waals surface area contributed by atoms with Crippen molar-refractivity contribution in [2.45, 2.75) is 6.42 Å². The van der Waals surface area contributed by atoms with Crippen molar-refractivity contribution in [1.29, 1.82) is 0 Å². The lowest BCUT2D eigenvalue weighted by Crippen LogP contribution is -2.36. The first-order valence-corrected chi connectivity index (χ1v) is 7.95. The Bertz CT molecular complexity index is 643. The van der Waals surface area contributed by atoms with Crippen LogP contribution >= 0.6 is 0 Å². The zero-order chi connectivity index (χ0) is 16.6. The fraction of sp³-hybridized carbons (Fsp3) is 0.353. The molecule has 0 saturated carbocycles. The summed E-state index contributed by atoms with van der Waals surface area (Å²) in [6, 6.07) is 13.0. The number of morpholine rings is 1. The average Bonchev–Trinajstić information content (AvgIpc) is 2.64. The summed E-state index contributed by atoms with van der Waals surface area (Å²) in [5, 5.41) is 10.9. The van der Waals surface area contributed by atoms with Crippen molar-refractivity contribution in [3.05, 3.63) is 42.5 Å².